The van der Waals surface area contributed by atoms with E-state index in [0.717, 1.165) is 6.26 Å². The maximum atomic E-state index is 13.4. The van der Waals surface area contributed by atoms with E-state index in [-0.39, 0.29) is 43.8 Å². The van der Waals surface area contributed by atoms with E-state index < -0.39 is 21.9 Å². The van der Waals surface area contributed by atoms with Crippen LogP contribution in [0, 0.1) is 5.82 Å². The zero-order valence-electron chi connectivity index (χ0n) is 21.5. The summed E-state index contributed by atoms with van der Waals surface area (Å²) in [5.41, 5.74) is 1.08. The zero-order valence-corrected chi connectivity index (χ0v) is 22.3. The highest BCUT2D eigenvalue weighted by atomic mass is 32.2. The monoisotopic (exact) mass is 521 g/mol. The molecule has 2 aromatic rings. The minimum Gasteiger partial charge on any atom is -0.495 e. The molecule has 2 amide bonds. The van der Waals surface area contributed by atoms with E-state index in [4.69, 9.17) is 4.74 Å². The summed E-state index contributed by atoms with van der Waals surface area (Å²) in [6, 6.07) is 11.7. The molecule has 0 aromatic heterocycles. The number of benzene rings is 2. The fraction of sp³-hybridized carbons (Fsp3) is 0.462. The summed E-state index contributed by atoms with van der Waals surface area (Å²) < 4.78 is 45.0. The van der Waals surface area contributed by atoms with Crippen LogP contribution in [0.4, 0.5) is 10.1 Å². The van der Waals surface area contributed by atoms with E-state index >= 15 is 0 Å². The molecule has 0 unspecified atom stereocenters. The quantitative estimate of drug-likeness (QED) is 0.434. The Morgan fingerprint density at radius 3 is 2.28 bits per heavy atom. The van der Waals surface area contributed by atoms with Gasteiger partial charge in [-0.15, -0.1) is 0 Å². The smallest absolute Gasteiger partial charge is 0.243 e. The predicted molar refractivity (Wildman–Crippen MR) is 139 cm³/mol. The van der Waals surface area contributed by atoms with Gasteiger partial charge in [-0.3, -0.25) is 13.9 Å². The number of sulfonamides is 1. The summed E-state index contributed by atoms with van der Waals surface area (Å²) in [6.45, 7) is 5.70. The molecule has 36 heavy (non-hydrogen) atoms. The number of rotatable bonds is 13. The van der Waals surface area contributed by atoms with Gasteiger partial charge in [-0.05, 0) is 56.5 Å². The minimum absolute atomic E-state index is 0.0216. The number of para-hydroxylation sites is 2. The van der Waals surface area contributed by atoms with Crippen LogP contribution in [0.2, 0.25) is 0 Å². The molecule has 1 N–H and O–H groups in total. The lowest BCUT2D eigenvalue weighted by atomic mass is 10.1. The van der Waals surface area contributed by atoms with Crippen molar-refractivity contribution in [2.45, 2.75) is 58.7 Å². The van der Waals surface area contributed by atoms with Crippen LogP contribution in [-0.2, 0) is 26.2 Å². The molecule has 0 saturated heterocycles. The van der Waals surface area contributed by atoms with Gasteiger partial charge in [-0.25, -0.2) is 12.8 Å². The van der Waals surface area contributed by atoms with Crippen molar-refractivity contribution < 1.29 is 27.1 Å². The van der Waals surface area contributed by atoms with Crippen molar-refractivity contribution in [2.75, 3.05) is 24.2 Å². The van der Waals surface area contributed by atoms with E-state index in [0.29, 0.717) is 23.4 Å². The molecule has 10 heteroatoms. The number of nitrogens with zero attached hydrogens (tertiary/aromatic N) is 2. The van der Waals surface area contributed by atoms with Crippen LogP contribution in [0.25, 0.3) is 0 Å². The summed E-state index contributed by atoms with van der Waals surface area (Å²) in [5.74, 6) is -0.546. The summed E-state index contributed by atoms with van der Waals surface area (Å²) in [5, 5.41) is 2.86. The number of amides is 2. The van der Waals surface area contributed by atoms with Crippen LogP contribution < -0.4 is 14.4 Å². The highest BCUT2D eigenvalue weighted by molar-refractivity contribution is 7.92. The van der Waals surface area contributed by atoms with Gasteiger partial charge in [0.05, 0.1) is 19.1 Å². The van der Waals surface area contributed by atoms with Gasteiger partial charge >= 0.3 is 0 Å². The Bertz CT molecular complexity index is 1120. The number of nitrogens with one attached hydrogen (secondary N) is 1. The number of halogens is 1. The molecule has 0 aliphatic rings. The lowest BCUT2D eigenvalue weighted by Gasteiger charge is -2.31. The second-order valence-electron chi connectivity index (χ2n) is 8.85. The molecule has 0 aliphatic heterocycles. The Morgan fingerprint density at radius 2 is 1.72 bits per heavy atom. The number of anilines is 1. The average Bonchev–Trinajstić information content (AvgIpc) is 2.81. The molecule has 0 fully saturated rings. The van der Waals surface area contributed by atoms with Crippen molar-refractivity contribution in [3.63, 3.8) is 0 Å². The molecule has 0 aliphatic carbocycles. The molecule has 198 valence electrons. The van der Waals surface area contributed by atoms with E-state index in [1.807, 2.05) is 20.8 Å². The van der Waals surface area contributed by atoms with Crippen molar-refractivity contribution >= 4 is 27.5 Å². The van der Waals surface area contributed by atoms with Crippen LogP contribution in [-0.4, -0.2) is 57.1 Å². The number of carbonyl (C=O) groups is 2. The normalized spacial score (nSPS) is 12.2. The minimum atomic E-state index is -3.64. The maximum absolute atomic E-state index is 13.4. The van der Waals surface area contributed by atoms with E-state index in [1.54, 1.807) is 36.4 Å². The van der Waals surface area contributed by atoms with Gasteiger partial charge in [-0.2, -0.15) is 0 Å². The zero-order chi connectivity index (χ0) is 26.9. The Labute approximate surface area is 213 Å². The third-order valence-electron chi connectivity index (χ3n) is 5.59. The van der Waals surface area contributed by atoms with Crippen molar-refractivity contribution in [1.29, 1.82) is 0 Å². The van der Waals surface area contributed by atoms with Crippen LogP contribution in [0.1, 0.15) is 45.6 Å². The first-order chi connectivity index (χ1) is 17.0. The second-order valence-corrected chi connectivity index (χ2v) is 10.8. The summed E-state index contributed by atoms with van der Waals surface area (Å²) >= 11 is 0. The van der Waals surface area contributed by atoms with Crippen molar-refractivity contribution in [3.8, 4) is 5.75 Å². The number of ether oxygens (including phenoxy) is 1. The number of carbonyl (C=O) groups excluding carboxylic acids is 2. The molecule has 2 aromatic carbocycles. The van der Waals surface area contributed by atoms with Gasteiger partial charge in [0.15, 0.2) is 0 Å². The molecule has 0 saturated carbocycles. The molecule has 8 nitrogen and oxygen atoms in total. The third-order valence-corrected chi connectivity index (χ3v) is 6.77. The Morgan fingerprint density at radius 1 is 1.08 bits per heavy atom. The highest BCUT2D eigenvalue weighted by Crippen LogP contribution is 2.29. The fourth-order valence-electron chi connectivity index (χ4n) is 3.90. The first-order valence-electron chi connectivity index (χ1n) is 11.9. The fourth-order valence-corrected chi connectivity index (χ4v) is 4.87. The predicted octanol–water partition coefficient (Wildman–Crippen LogP) is 3.71. The SMILES string of the molecule is CC[C@H](C(=O)NC(C)C)N(Cc1ccc(F)cc1)C(=O)CCCN(c1ccccc1OC)S(C)(=O)=O. The van der Waals surface area contributed by atoms with E-state index in [1.165, 1.54) is 28.4 Å². The molecular weight excluding hydrogens is 485 g/mol. The number of methoxy groups -OCH3 is 1. The average molecular weight is 522 g/mol. The highest BCUT2D eigenvalue weighted by Gasteiger charge is 2.29. The second kappa shape index (κ2) is 13.2. The molecular formula is C26H36FN3O5S. The van der Waals surface area contributed by atoms with Crippen molar-refractivity contribution in [1.82, 2.24) is 10.2 Å². The van der Waals surface area contributed by atoms with Gasteiger partial charge in [0, 0.05) is 25.6 Å². The standard InChI is InChI=1S/C26H36FN3O5S/c1-6-22(26(32)28-19(2)3)29(18-20-13-15-21(27)16-14-20)25(31)12-9-17-30(36(5,33)34)23-10-7-8-11-24(23)35-4/h7-8,10-11,13-16,19,22H,6,9,12,17-18H2,1-5H3,(H,28,32)/t22-/m1/s1. The topological polar surface area (TPSA) is 96.0 Å². The van der Waals surface area contributed by atoms with Crippen LogP contribution in [0.15, 0.2) is 48.5 Å². The van der Waals surface area contributed by atoms with Crippen LogP contribution in [0.5, 0.6) is 5.75 Å². The third kappa shape index (κ3) is 8.22. The maximum Gasteiger partial charge on any atom is 0.243 e. The van der Waals surface area contributed by atoms with Crippen LogP contribution in [0.3, 0.4) is 0 Å². The summed E-state index contributed by atoms with van der Waals surface area (Å²) in [6.07, 6.45) is 1.74. The van der Waals surface area contributed by atoms with Gasteiger partial charge in [0.2, 0.25) is 21.8 Å². The molecule has 1 atom stereocenters. The molecule has 2 rings (SSSR count). The summed E-state index contributed by atoms with van der Waals surface area (Å²) in [7, 11) is -2.18. The van der Waals surface area contributed by atoms with Gasteiger partial charge in [0.25, 0.3) is 0 Å². The lowest BCUT2D eigenvalue weighted by molar-refractivity contribution is -0.141. The number of hydrogen-bond acceptors (Lipinski definition) is 5. The van der Waals surface area contributed by atoms with Gasteiger partial charge in [0.1, 0.15) is 17.6 Å². The molecule has 0 heterocycles. The lowest BCUT2D eigenvalue weighted by Crippen LogP contribution is -2.50. The molecule has 0 bridgehead atoms. The molecule has 0 spiro atoms. The van der Waals surface area contributed by atoms with Gasteiger partial charge in [-0.1, -0.05) is 31.2 Å². The van der Waals surface area contributed by atoms with Gasteiger partial charge < -0.3 is 15.0 Å². The van der Waals surface area contributed by atoms with Crippen molar-refractivity contribution in [2.24, 2.45) is 0 Å². The van der Waals surface area contributed by atoms with Crippen LogP contribution >= 0.6 is 0 Å². The van der Waals surface area contributed by atoms with E-state index in [2.05, 4.69) is 5.32 Å². The Hall–Kier alpha value is -3.14. The largest absolute Gasteiger partial charge is 0.495 e. The first kappa shape index (κ1) is 29.1. The summed E-state index contributed by atoms with van der Waals surface area (Å²) in [4.78, 5) is 27.7. The van der Waals surface area contributed by atoms with Crippen molar-refractivity contribution in [3.05, 3.63) is 59.9 Å². The Kier molecular flexibility index (Phi) is 10.7. The first-order valence-corrected chi connectivity index (χ1v) is 13.8. The Balaban J connectivity index is 2.24. The number of hydrogen-bond donors (Lipinski definition) is 1. The van der Waals surface area contributed by atoms with E-state index in [9.17, 15) is 22.4 Å². The molecule has 0 radical (unpaired) electrons.